The second-order valence-corrected chi connectivity index (χ2v) is 9.40. The minimum absolute atomic E-state index is 0.0501. The lowest BCUT2D eigenvalue weighted by Gasteiger charge is -2.14. The Morgan fingerprint density at radius 1 is 0.971 bits per heavy atom. The summed E-state index contributed by atoms with van der Waals surface area (Å²) in [5, 5.41) is 12.1. The number of benzene rings is 3. The first kappa shape index (κ1) is 23.6. The van der Waals surface area contributed by atoms with Gasteiger partial charge in [-0.3, -0.25) is 9.36 Å². The number of aryl methyl sites for hydroxylation is 2. The van der Waals surface area contributed by atoms with Gasteiger partial charge in [0.05, 0.1) is 5.25 Å². The number of thioether (sulfide) groups is 1. The largest absolute Gasteiger partial charge is 0.485 e. The molecule has 0 aliphatic rings. The molecular formula is C27H28N4O2S. The van der Waals surface area contributed by atoms with E-state index in [1.165, 1.54) is 17.3 Å². The van der Waals surface area contributed by atoms with Crippen molar-refractivity contribution in [1.29, 1.82) is 0 Å². The van der Waals surface area contributed by atoms with E-state index >= 15 is 0 Å². The Morgan fingerprint density at radius 3 is 2.41 bits per heavy atom. The SMILES string of the molecule is Cc1ccc(CNC(=O)C(C)Sc2nnc(COc3ccccc3C)n2-c2ccccc2)cc1. The van der Waals surface area contributed by atoms with Crippen molar-refractivity contribution in [3.63, 3.8) is 0 Å². The molecule has 0 saturated carbocycles. The fourth-order valence-corrected chi connectivity index (χ4v) is 4.33. The van der Waals surface area contributed by atoms with E-state index in [-0.39, 0.29) is 17.8 Å². The number of para-hydroxylation sites is 2. The molecule has 3 aromatic carbocycles. The molecule has 0 bridgehead atoms. The predicted octanol–water partition coefficient (Wildman–Crippen LogP) is 5.26. The normalized spacial score (nSPS) is 11.7. The van der Waals surface area contributed by atoms with Gasteiger partial charge in [0.25, 0.3) is 0 Å². The van der Waals surface area contributed by atoms with Crippen LogP contribution in [0.3, 0.4) is 0 Å². The maximum Gasteiger partial charge on any atom is 0.233 e. The zero-order chi connectivity index (χ0) is 23.9. The molecule has 4 aromatic rings. The van der Waals surface area contributed by atoms with Gasteiger partial charge in [-0.05, 0) is 50.1 Å². The highest BCUT2D eigenvalue weighted by atomic mass is 32.2. The lowest BCUT2D eigenvalue weighted by molar-refractivity contribution is -0.120. The summed E-state index contributed by atoms with van der Waals surface area (Å²) < 4.78 is 7.99. The van der Waals surface area contributed by atoms with Crippen LogP contribution in [0.1, 0.15) is 29.4 Å². The van der Waals surface area contributed by atoms with E-state index in [0.29, 0.717) is 17.5 Å². The van der Waals surface area contributed by atoms with Gasteiger partial charge in [0.2, 0.25) is 5.91 Å². The highest BCUT2D eigenvalue weighted by Crippen LogP contribution is 2.27. The number of hydrogen-bond acceptors (Lipinski definition) is 5. The number of rotatable bonds is 9. The maximum absolute atomic E-state index is 12.8. The first-order chi connectivity index (χ1) is 16.5. The lowest BCUT2D eigenvalue weighted by atomic mass is 10.1. The van der Waals surface area contributed by atoms with Gasteiger partial charge in [0, 0.05) is 12.2 Å². The molecule has 0 spiro atoms. The molecule has 1 aromatic heterocycles. The molecule has 1 amide bonds. The molecule has 0 radical (unpaired) electrons. The number of aromatic nitrogens is 3. The van der Waals surface area contributed by atoms with Gasteiger partial charge in [-0.2, -0.15) is 0 Å². The summed E-state index contributed by atoms with van der Waals surface area (Å²) in [5.41, 5.74) is 4.24. The average molecular weight is 473 g/mol. The van der Waals surface area contributed by atoms with Crippen LogP contribution < -0.4 is 10.1 Å². The van der Waals surface area contributed by atoms with Crippen molar-refractivity contribution in [3.05, 3.63) is 101 Å². The Kier molecular flexibility index (Phi) is 7.65. The maximum atomic E-state index is 12.8. The van der Waals surface area contributed by atoms with Crippen molar-refractivity contribution in [3.8, 4) is 11.4 Å². The van der Waals surface area contributed by atoms with E-state index in [1.807, 2.05) is 104 Å². The number of ether oxygens (including phenoxy) is 1. The molecule has 174 valence electrons. The minimum atomic E-state index is -0.345. The molecule has 1 N–H and O–H groups in total. The predicted molar refractivity (Wildman–Crippen MR) is 135 cm³/mol. The fraction of sp³-hybridized carbons (Fsp3) is 0.222. The van der Waals surface area contributed by atoms with E-state index in [1.54, 1.807) is 0 Å². The summed E-state index contributed by atoms with van der Waals surface area (Å²) in [7, 11) is 0. The van der Waals surface area contributed by atoms with Crippen LogP contribution in [0, 0.1) is 13.8 Å². The van der Waals surface area contributed by atoms with Crippen molar-refractivity contribution in [1.82, 2.24) is 20.1 Å². The second kappa shape index (κ2) is 11.0. The monoisotopic (exact) mass is 472 g/mol. The third-order valence-corrected chi connectivity index (χ3v) is 6.45. The number of nitrogens with zero attached hydrogens (tertiary/aromatic N) is 3. The van der Waals surface area contributed by atoms with Crippen molar-refractivity contribution >= 4 is 17.7 Å². The smallest absolute Gasteiger partial charge is 0.233 e. The van der Waals surface area contributed by atoms with E-state index in [2.05, 4.69) is 15.5 Å². The zero-order valence-corrected chi connectivity index (χ0v) is 20.4. The summed E-state index contributed by atoms with van der Waals surface area (Å²) in [4.78, 5) is 12.8. The molecule has 1 atom stereocenters. The van der Waals surface area contributed by atoms with Crippen LogP contribution in [0.25, 0.3) is 5.69 Å². The molecular weight excluding hydrogens is 444 g/mol. The van der Waals surface area contributed by atoms with Crippen molar-refractivity contribution < 1.29 is 9.53 Å². The highest BCUT2D eigenvalue weighted by molar-refractivity contribution is 8.00. The van der Waals surface area contributed by atoms with Gasteiger partial charge in [-0.1, -0.05) is 78.0 Å². The molecule has 7 heteroatoms. The second-order valence-electron chi connectivity index (χ2n) is 8.09. The third kappa shape index (κ3) is 5.85. The lowest BCUT2D eigenvalue weighted by Crippen LogP contribution is -2.30. The van der Waals surface area contributed by atoms with Crippen LogP contribution >= 0.6 is 11.8 Å². The van der Waals surface area contributed by atoms with Gasteiger partial charge in [-0.25, -0.2) is 0 Å². The van der Waals surface area contributed by atoms with Gasteiger partial charge in [0.1, 0.15) is 12.4 Å². The van der Waals surface area contributed by atoms with Crippen LogP contribution in [0.4, 0.5) is 0 Å². The third-order valence-electron chi connectivity index (χ3n) is 5.40. The number of carbonyl (C=O) groups is 1. The number of hydrogen-bond donors (Lipinski definition) is 1. The Morgan fingerprint density at radius 2 is 1.68 bits per heavy atom. The van der Waals surface area contributed by atoms with Gasteiger partial charge in [-0.15, -0.1) is 10.2 Å². The molecule has 1 heterocycles. The summed E-state index contributed by atoms with van der Waals surface area (Å²) >= 11 is 1.38. The standard InChI is InChI=1S/C27H28N4O2S/c1-19-13-15-22(16-14-19)17-28-26(32)21(3)34-27-30-29-25(31(27)23-10-5-4-6-11-23)18-33-24-12-8-7-9-20(24)2/h4-16,21H,17-18H2,1-3H3,(H,28,32). The van der Waals surface area contributed by atoms with Crippen LogP contribution in [-0.2, 0) is 17.9 Å². The first-order valence-corrected chi connectivity index (χ1v) is 12.1. The molecule has 1 unspecified atom stereocenters. The zero-order valence-electron chi connectivity index (χ0n) is 19.6. The van der Waals surface area contributed by atoms with Crippen molar-refractivity contribution in [2.45, 2.75) is 44.3 Å². The molecule has 0 aliphatic heterocycles. The molecule has 34 heavy (non-hydrogen) atoms. The van der Waals surface area contributed by atoms with Crippen LogP contribution in [-0.4, -0.2) is 25.9 Å². The first-order valence-electron chi connectivity index (χ1n) is 11.2. The van der Waals surface area contributed by atoms with Gasteiger partial charge < -0.3 is 10.1 Å². The summed E-state index contributed by atoms with van der Waals surface area (Å²) in [6.45, 7) is 6.69. The molecule has 0 fully saturated rings. The summed E-state index contributed by atoms with van der Waals surface area (Å²) in [5.74, 6) is 1.43. The van der Waals surface area contributed by atoms with Crippen LogP contribution in [0.2, 0.25) is 0 Å². The molecule has 0 aliphatic carbocycles. The van der Waals surface area contributed by atoms with E-state index < -0.39 is 0 Å². The molecule has 4 rings (SSSR count). The van der Waals surface area contributed by atoms with Crippen LogP contribution in [0.15, 0.2) is 84.0 Å². The highest BCUT2D eigenvalue weighted by Gasteiger charge is 2.21. The number of amides is 1. The minimum Gasteiger partial charge on any atom is -0.485 e. The van der Waals surface area contributed by atoms with Crippen molar-refractivity contribution in [2.24, 2.45) is 0 Å². The fourth-order valence-electron chi connectivity index (χ4n) is 3.42. The summed E-state index contributed by atoms with van der Waals surface area (Å²) in [6.07, 6.45) is 0. The number of carbonyl (C=O) groups excluding carboxylic acids is 1. The Bertz CT molecular complexity index is 1240. The quantitative estimate of drug-likeness (QED) is 0.337. The average Bonchev–Trinajstić information content (AvgIpc) is 3.25. The number of nitrogens with one attached hydrogen (secondary N) is 1. The topological polar surface area (TPSA) is 69.0 Å². The van der Waals surface area contributed by atoms with Crippen molar-refractivity contribution in [2.75, 3.05) is 0 Å². The van der Waals surface area contributed by atoms with Gasteiger partial charge in [0.15, 0.2) is 11.0 Å². The Balaban J connectivity index is 1.48. The summed E-state index contributed by atoms with van der Waals surface area (Å²) in [6, 6.07) is 25.9. The Hall–Kier alpha value is -3.58. The molecule has 6 nitrogen and oxygen atoms in total. The van der Waals surface area contributed by atoms with Crippen LogP contribution in [0.5, 0.6) is 5.75 Å². The molecule has 0 saturated heterocycles. The van der Waals surface area contributed by atoms with Gasteiger partial charge >= 0.3 is 0 Å². The van der Waals surface area contributed by atoms with E-state index in [9.17, 15) is 4.79 Å². The van der Waals surface area contributed by atoms with E-state index in [0.717, 1.165) is 22.6 Å². The van der Waals surface area contributed by atoms with E-state index in [4.69, 9.17) is 4.74 Å². The Labute approximate surface area is 204 Å².